The van der Waals surface area contributed by atoms with Gasteiger partial charge in [0.15, 0.2) is 11.5 Å². The van der Waals surface area contributed by atoms with Crippen LogP contribution in [0, 0.1) is 5.82 Å². The summed E-state index contributed by atoms with van der Waals surface area (Å²) in [6.45, 7) is 0.0617. The maximum atomic E-state index is 13.0. The molecule has 0 aliphatic rings. The molecular formula is C13H9Cl2FN4O. The van der Waals surface area contributed by atoms with Gasteiger partial charge in [0, 0.05) is 7.05 Å². The summed E-state index contributed by atoms with van der Waals surface area (Å²) in [5.41, 5.74) is 0.610. The lowest BCUT2D eigenvalue weighted by Gasteiger charge is -2.07. The Hall–Kier alpha value is -1.92. The predicted octanol–water partition coefficient (Wildman–Crippen LogP) is 3.39. The van der Waals surface area contributed by atoms with Crippen LogP contribution in [0.4, 0.5) is 4.39 Å². The Morgan fingerprint density at radius 2 is 2.10 bits per heavy atom. The minimum atomic E-state index is -0.428. The van der Waals surface area contributed by atoms with Crippen LogP contribution in [0.3, 0.4) is 0 Å². The Bertz CT molecular complexity index is 821. The molecule has 1 aromatic carbocycles. The second-order valence-electron chi connectivity index (χ2n) is 4.30. The van der Waals surface area contributed by atoms with Gasteiger partial charge >= 0.3 is 0 Å². The topological polar surface area (TPSA) is 52.8 Å². The fourth-order valence-corrected chi connectivity index (χ4v) is 2.28. The molecule has 0 aliphatic carbocycles. The number of hydrogen-bond donors (Lipinski definition) is 0. The number of aryl methyl sites for hydroxylation is 1. The number of fused-ring (bicyclic) bond motifs is 1. The standard InChI is InChI=1S/C13H9Cl2FN4O/c1-20-13-8(5-17-20)12(15)18-11(19-13)6-21-10-3-2-7(16)4-9(10)14/h2-5H,6H2,1H3. The number of aromatic nitrogens is 4. The summed E-state index contributed by atoms with van der Waals surface area (Å²) in [6.07, 6.45) is 1.60. The second kappa shape index (κ2) is 5.46. The van der Waals surface area contributed by atoms with Crippen LogP contribution in [0.25, 0.3) is 11.0 Å². The number of benzene rings is 1. The molecule has 108 valence electrons. The van der Waals surface area contributed by atoms with Crippen LogP contribution in [0.2, 0.25) is 10.2 Å². The molecule has 0 aliphatic heterocycles. The van der Waals surface area contributed by atoms with E-state index in [-0.39, 0.29) is 11.6 Å². The van der Waals surface area contributed by atoms with Gasteiger partial charge in [-0.15, -0.1) is 0 Å². The fraction of sp³-hybridized carbons (Fsp3) is 0.154. The summed E-state index contributed by atoms with van der Waals surface area (Å²) < 4.78 is 20.0. The van der Waals surface area contributed by atoms with Gasteiger partial charge in [-0.2, -0.15) is 5.10 Å². The lowest BCUT2D eigenvalue weighted by Crippen LogP contribution is -2.04. The van der Waals surface area contributed by atoms with E-state index in [4.69, 9.17) is 27.9 Å². The highest BCUT2D eigenvalue weighted by atomic mass is 35.5. The van der Waals surface area contributed by atoms with Crippen LogP contribution in [-0.2, 0) is 13.7 Å². The van der Waals surface area contributed by atoms with Crippen molar-refractivity contribution in [2.45, 2.75) is 6.61 Å². The maximum absolute atomic E-state index is 13.0. The first-order chi connectivity index (χ1) is 10.0. The molecule has 0 saturated carbocycles. The number of nitrogens with zero attached hydrogens (tertiary/aromatic N) is 4. The summed E-state index contributed by atoms with van der Waals surface area (Å²) in [4.78, 5) is 8.46. The Morgan fingerprint density at radius 1 is 1.29 bits per heavy atom. The van der Waals surface area contributed by atoms with Crippen molar-refractivity contribution in [2.75, 3.05) is 0 Å². The largest absolute Gasteiger partial charge is 0.484 e. The molecule has 5 nitrogen and oxygen atoms in total. The van der Waals surface area contributed by atoms with E-state index in [0.29, 0.717) is 27.8 Å². The third-order valence-corrected chi connectivity index (χ3v) is 3.43. The maximum Gasteiger partial charge on any atom is 0.170 e. The molecule has 0 amide bonds. The molecule has 2 aromatic heterocycles. The SMILES string of the molecule is Cn1ncc2c(Cl)nc(COc3ccc(F)cc3Cl)nc21. The van der Waals surface area contributed by atoms with E-state index in [1.54, 1.807) is 17.9 Å². The van der Waals surface area contributed by atoms with E-state index in [1.165, 1.54) is 18.2 Å². The fourth-order valence-electron chi connectivity index (χ4n) is 1.83. The molecule has 0 bridgehead atoms. The summed E-state index contributed by atoms with van der Waals surface area (Å²) in [5, 5.41) is 5.22. The summed E-state index contributed by atoms with van der Waals surface area (Å²) in [6, 6.07) is 3.89. The van der Waals surface area contributed by atoms with Gasteiger partial charge in [0.25, 0.3) is 0 Å². The molecule has 0 saturated heterocycles. The van der Waals surface area contributed by atoms with Crippen molar-refractivity contribution < 1.29 is 9.13 Å². The molecule has 0 unspecified atom stereocenters. The first-order valence-electron chi connectivity index (χ1n) is 5.96. The molecule has 0 spiro atoms. The highest BCUT2D eigenvalue weighted by Crippen LogP contribution is 2.26. The monoisotopic (exact) mass is 326 g/mol. The van der Waals surface area contributed by atoms with Crippen LogP contribution in [0.15, 0.2) is 24.4 Å². The van der Waals surface area contributed by atoms with Crippen molar-refractivity contribution in [1.82, 2.24) is 19.7 Å². The summed E-state index contributed by atoms with van der Waals surface area (Å²) >= 11 is 12.0. The van der Waals surface area contributed by atoms with Gasteiger partial charge in [-0.05, 0) is 18.2 Å². The average molecular weight is 327 g/mol. The first kappa shape index (κ1) is 14.0. The van der Waals surface area contributed by atoms with E-state index >= 15 is 0 Å². The average Bonchev–Trinajstić information content (AvgIpc) is 2.80. The van der Waals surface area contributed by atoms with Crippen LogP contribution in [-0.4, -0.2) is 19.7 Å². The highest BCUT2D eigenvalue weighted by molar-refractivity contribution is 6.33. The Kier molecular flexibility index (Phi) is 3.65. The Labute approximate surface area is 129 Å². The van der Waals surface area contributed by atoms with E-state index < -0.39 is 5.82 Å². The molecular weight excluding hydrogens is 318 g/mol. The molecule has 0 atom stereocenters. The van der Waals surface area contributed by atoms with Crippen molar-refractivity contribution in [3.05, 3.63) is 46.2 Å². The molecule has 8 heteroatoms. The summed E-state index contributed by atoms with van der Waals surface area (Å²) in [7, 11) is 1.76. The molecule has 0 N–H and O–H groups in total. The molecule has 2 heterocycles. The molecule has 3 aromatic rings. The van der Waals surface area contributed by atoms with Crippen LogP contribution >= 0.6 is 23.2 Å². The molecule has 0 fully saturated rings. The van der Waals surface area contributed by atoms with Crippen molar-refractivity contribution in [1.29, 1.82) is 0 Å². The van der Waals surface area contributed by atoms with Gasteiger partial charge in [-0.1, -0.05) is 23.2 Å². The quantitative estimate of drug-likeness (QED) is 0.692. The van der Waals surface area contributed by atoms with Gasteiger partial charge in [-0.25, -0.2) is 14.4 Å². The zero-order valence-corrected chi connectivity index (χ0v) is 12.4. The van der Waals surface area contributed by atoms with Crippen molar-refractivity contribution in [3.8, 4) is 5.75 Å². The first-order valence-corrected chi connectivity index (χ1v) is 6.72. The second-order valence-corrected chi connectivity index (χ2v) is 5.06. The highest BCUT2D eigenvalue weighted by Gasteiger charge is 2.11. The lowest BCUT2D eigenvalue weighted by molar-refractivity contribution is 0.296. The number of ether oxygens (including phenoxy) is 1. The third-order valence-electron chi connectivity index (χ3n) is 2.84. The minimum absolute atomic E-state index is 0.0617. The van der Waals surface area contributed by atoms with Crippen molar-refractivity contribution in [3.63, 3.8) is 0 Å². The molecule has 21 heavy (non-hydrogen) atoms. The zero-order valence-electron chi connectivity index (χ0n) is 10.8. The Morgan fingerprint density at radius 3 is 2.86 bits per heavy atom. The third kappa shape index (κ3) is 2.77. The van der Waals surface area contributed by atoms with E-state index in [0.717, 1.165) is 0 Å². The van der Waals surface area contributed by atoms with Crippen molar-refractivity contribution >= 4 is 34.2 Å². The minimum Gasteiger partial charge on any atom is -0.484 e. The van der Waals surface area contributed by atoms with Gasteiger partial charge in [0.1, 0.15) is 23.3 Å². The van der Waals surface area contributed by atoms with E-state index in [9.17, 15) is 4.39 Å². The van der Waals surface area contributed by atoms with Crippen LogP contribution < -0.4 is 4.74 Å². The van der Waals surface area contributed by atoms with E-state index in [1.807, 2.05) is 0 Å². The van der Waals surface area contributed by atoms with Crippen LogP contribution in [0.1, 0.15) is 5.82 Å². The summed E-state index contributed by atoms with van der Waals surface area (Å²) in [5.74, 6) is 0.308. The van der Waals surface area contributed by atoms with Gasteiger partial charge < -0.3 is 4.74 Å². The van der Waals surface area contributed by atoms with Crippen molar-refractivity contribution in [2.24, 2.45) is 7.05 Å². The number of hydrogen-bond acceptors (Lipinski definition) is 4. The van der Waals surface area contributed by atoms with E-state index in [2.05, 4.69) is 15.1 Å². The Balaban J connectivity index is 1.86. The van der Waals surface area contributed by atoms with Gasteiger partial charge in [0.2, 0.25) is 0 Å². The molecule has 0 radical (unpaired) electrons. The zero-order chi connectivity index (χ0) is 15.0. The lowest BCUT2D eigenvalue weighted by atomic mass is 10.3. The number of rotatable bonds is 3. The number of halogens is 3. The van der Waals surface area contributed by atoms with Gasteiger partial charge in [0.05, 0.1) is 16.6 Å². The smallest absolute Gasteiger partial charge is 0.170 e. The van der Waals surface area contributed by atoms with Crippen LogP contribution in [0.5, 0.6) is 5.75 Å². The molecule has 3 rings (SSSR count). The normalized spacial score (nSPS) is 11.0. The van der Waals surface area contributed by atoms with Gasteiger partial charge in [-0.3, -0.25) is 4.68 Å². The predicted molar refractivity (Wildman–Crippen MR) is 77.1 cm³/mol.